The molecule has 2 unspecified atom stereocenters. The largest absolute Gasteiger partial charge is 0.382 e. The van der Waals surface area contributed by atoms with Gasteiger partial charge in [-0.25, -0.2) is 0 Å². The molecule has 2 atom stereocenters. The summed E-state index contributed by atoms with van der Waals surface area (Å²) >= 11 is 0. The Kier molecular flexibility index (Phi) is 6.99. The van der Waals surface area contributed by atoms with Gasteiger partial charge in [0.15, 0.2) is 0 Å². The Bertz CT molecular complexity index is 199. The molecule has 1 heterocycles. The molecule has 0 aromatic heterocycles. The van der Waals surface area contributed by atoms with Crippen LogP contribution >= 0.6 is 0 Å². The molecule has 1 aliphatic rings. The summed E-state index contributed by atoms with van der Waals surface area (Å²) in [6.45, 7) is 8.38. The summed E-state index contributed by atoms with van der Waals surface area (Å²) in [6, 6.07) is 0. The van der Waals surface area contributed by atoms with Gasteiger partial charge in [0.1, 0.15) is 5.60 Å². The van der Waals surface area contributed by atoms with Crippen molar-refractivity contribution in [2.45, 2.75) is 25.6 Å². The Morgan fingerprint density at radius 3 is 2.12 bits per heavy atom. The van der Waals surface area contributed by atoms with Gasteiger partial charge in [0.25, 0.3) is 0 Å². The summed E-state index contributed by atoms with van der Waals surface area (Å²) in [4.78, 5) is 0. The molecule has 0 aromatic carbocycles. The highest BCUT2D eigenvalue weighted by atomic mass is 16.6. The molecule has 0 N–H and O–H groups in total. The first-order valence-electron chi connectivity index (χ1n) is 6.09. The predicted molar refractivity (Wildman–Crippen MR) is 63.3 cm³/mol. The highest BCUT2D eigenvalue weighted by Crippen LogP contribution is 2.28. The van der Waals surface area contributed by atoms with E-state index in [0.717, 1.165) is 0 Å². The maximum absolute atomic E-state index is 5.71. The van der Waals surface area contributed by atoms with Crippen LogP contribution < -0.4 is 0 Å². The minimum Gasteiger partial charge on any atom is -0.382 e. The Morgan fingerprint density at radius 2 is 1.65 bits per heavy atom. The minimum absolute atomic E-state index is 0.127. The number of methoxy groups -OCH3 is 1. The normalized spacial score (nSPS) is 28.1. The second-order valence-electron chi connectivity index (χ2n) is 4.33. The van der Waals surface area contributed by atoms with Crippen molar-refractivity contribution < 1.29 is 23.7 Å². The lowest BCUT2D eigenvalue weighted by molar-refractivity contribution is -0.248. The molecule has 102 valence electrons. The van der Waals surface area contributed by atoms with Gasteiger partial charge in [-0.3, -0.25) is 0 Å². The van der Waals surface area contributed by atoms with E-state index in [2.05, 4.69) is 6.92 Å². The van der Waals surface area contributed by atoms with E-state index in [1.807, 2.05) is 6.92 Å². The first kappa shape index (κ1) is 14.9. The van der Waals surface area contributed by atoms with Crippen LogP contribution in [0.3, 0.4) is 0 Å². The van der Waals surface area contributed by atoms with E-state index in [0.29, 0.717) is 46.2 Å². The second-order valence-corrected chi connectivity index (χ2v) is 4.33. The monoisotopic (exact) mass is 248 g/mol. The lowest BCUT2D eigenvalue weighted by Crippen LogP contribution is -2.56. The summed E-state index contributed by atoms with van der Waals surface area (Å²) in [5.74, 6) is 0. The van der Waals surface area contributed by atoms with Crippen molar-refractivity contribution in [2.75, 3.05) is 53.4 Å². The third-order valence-corrected chi connectivity index (χ3v) is 2.94. The maximum atomic E-state index is 5.71. The fourth-order valence-electron chi connectivity index (χ4n) is 1.44. The molecule has 5 nitrogen and oxygen atoms in total. The van der Waals surface area contributed by atoms with Crippen LogP contribution in [0.4, 0.5) is 0 Å². The third-order valence-electron chi connectivity index (χ3n) is 2.94. The molecule has 5 heteroatoms. The zero-order chi connectivity index (χ0) is 12.6. The van der Waals surface area contributed by atoms with Crippen LogP contribution in [-0.2, 0) is 23.7 Å². The molecule has 1 fully saturated rings. The van der Waals surface area contributed by atoms with Crippen LogP contribution in [0.15, 0.2) is 0 Å². The highest BCUT2D eigenvalue weighted by Gasteiger charge is 2.42. The molecule has 0 saturated carbocycles. The topological polar surface area (TPSA) is 46.2 Å². The maximum Gasteiger partial charge on any atom is 0.114 e. The first-order chi connectivity index (χ1) is 8.19. The Hall–Kier alpha value is -0.200. The van der Waals surface area contributed by atoms with Crippen LogP contribution in [-0.4, -0.2) is 65.1 Å². The van der Waals surface area contributed by atoms with E-state index in [9.17, 15) is 0 Å². The number of ether oxygens (including phenoxy) is 5. The zero-order valence-electron chi connectivity index (χ0n) is 11.1. The molecule has 0 radical (unpaired) electrons. The van der Waals surface area contributed by atoms with Gasteiger partial charge in [0, 0.05) is 7.11 Å². The molecular weight excluding hydrogens is 224 g/mol. The Labute approximate surface area is 103 Å². The van der Waals surface area contributed by atoms with E-state index >= 15 is 0 Å². The van der Waals surface area contributed by atoms with E-state index in [1.54, 1.807) is 7.11 Å². The van der Waals surface area contributed by atoms with Gasteiger partial charge < -0.3 is 23.7 Å². The van der Waals surface area contributed by atoms with Crippen molar-refractivity contribution >= 4 is 0 Å². The fraction of sp³-hybridized carbons (Fsp3) is 1.00. The molecule has 0 aliphatic carbocycles. The SMILES string of the molecule is COCCOCCOCCOC1(C)COC1C. The highest BCUT2D eigenvalue weighted by molar-refractivity contribution is 4.90. The van der Waals surface area contributed by atoms with Gasteiger partial charge in [-0.05, 0) is 13.8 Å². The van der Waals surface area contributed by atoms with E-state index in [4.69, 9.17) is 23.7 Å². The Balaban J connectivity index is 1.82. The van der Waals surface area contributed by atoms with Crippen LogP contribution in [0, 0.1) is 0 Å². The molecule has 17 heavy (non-hydrogen) atoms. The van der Waals surface area contributed by atoms with Gasteiger partial charge in [0.2, 0.25) is 0 Å². The van der Waals surface area contributed by atoms with Crippen LogP contribution in [0.2, 0.25) is 0 Å². The summed E-state index contributed by atoms with van der Waals surface area (Å²) in [5.41, 5.74) is -0.127. The van der Waals surface area contributed by atoms with Crippen LogP contribution in [0.1, 0.15) is 13.8 Å². The van der Waals surface area contributed by atoms with Crippen molar-refractivity contribution in [1.82, 2.24) is 0 Å². The number of hydrogen-bond acceptors (Lipinski definition) is 5. The lowest BCUT2D eigenvalue weighted by atomic mass is 9.96. The van der Waals surface area contributed by atoms with Gasteiger partial charge >= 0.3 is 0 Å². The van der Waals surface area contributed by atoms with Crippen molar-refractivity contribution in [3.8, 4) is 0 Å². The van der Waals surface area contributed by atoms with Gasteiger partial charge in [-0.2, -0.15) is 0 Å². The molecule has 0 spiro atoms. The average molecular weight is 248 g/mol. The summed E-state index contributed by atoms with van der Waals surface area (Å²) in [5, 5.41) is 0. The van der Waals surface area contributed by atoms with E-state index < -0.39 is 0 Å². The smallest absolute Gasteiger partial charge is 0.114 e. The summed E-state index contributed by atoms with van der Waals surface area (Å²) in [7, 11) is 1.66. The Morgan fingerprint density at radius 1 is 1.06 bits per heavy atom. The fourth-order valence-corrected chi connectivity index (χ4v) is 1.44. The molecule has 1 rings (SSSR count). The molecule has 1 saturated heterocycles. The van der Waals surface area contributed by atoms with Crippen LogP contribution in [0.5, 0.6) is 0 Å². The summed E-state index contributed by atoms with van der Waals surface area (Å²) in [6.07, 6.45) is 0.180. The second kappa shape index (κ2) is 8.00. The average Bonchev–Trinajstić information content (AvgIpc) is 2.34. The number of rotatable bonds is 10. The number of hydrogen-bond donors (Lipinski definition) is 0. The van der Waals surface area contributed by atoms with Crippen molar-refractivity contribution in [2.24, 2.45) is 0 Å². The lowest BCUT2D eigenvalue weighted by Gasteiger charge is -2.44. The van der Waals surface area contributed by atoms with Gasteiger partial charge in [-0.1, -0.05) is 0 Å². The van der Waals surface area contributed by atoms with Crippen molar-refractivity contribution in [1.29, 1.82) is 0 Å². The van der Waals surface area contributed by atoms with Crippen molar-refractivity contribution in [3.63, 3.8) is 0 Å². The van der Waals surface area contributed by atoms with E-state index in [1.165, 1.54) is 0 Å². The third kappa shape index (κ3) is 5.31. The molecule has 0 aromatic rings. The molecule has 0 amide bonds. The first-order valence-corrected chi connectivity index (χ1v) is 6.09. The van der Waals surface area contributed by atoms with E-state index in [-0.39, 0.29) is 11.7 Å². The van der Waals surface area contributed by atoms with Gasteiger partial charge in [-0.15, -0.1) is 0 Å². The predicted octanol–water partition coefficient (Wildman–Crippen LogP) is 0.860. The zero-order valence-corrected chi connectivity index (χ0v) is 11.1. The summed E-state index contributed by atoms with van der Waals surface area (Å²) < 4.78 is 26.5. The molecular formula is C12H24O5. The quantitative estimate of drug-likeness (QED) is 0.537. The molecule has 1 aliphatic heterocycles. The van der Waals surface area contributed by atoms with Gasteiger partial charge in [0.05, 0.1) is 52.4 Å². The van der Waals surface area contributed by atoms with Crippen LogP contribution in [0.25, 0.3) is 0 Å². The molecule has 0 bridgehead atoms. The standard InChI is InChI=1S/C12H24O5/c1-11-12(2,10-16-11)17-9-8-15-7-6-14-5-4-13-3/h11H,4-10H2,1-3H3. The minimum atomic E-state index is -0.127. The van der Waals surface area contributed by atoms with Crippen molar-refractivity contribution in [3.05, 3.63) is 0 Å².